The molecule has 1 fully saturated rings. The second-order valence-electron chi connectivity index (χ2n) is 9.65. The molecule has 0 unspecified atom stereocenters. The molecule has 176 valence electrons. The van der Waals surface area contributed by atoms with E-state index < -0.39 is 5.60 Å². The lowest BCUT2D eigenvalue weighted by Gasteiger charge is -2.34. The van der Waals surface area contributed by atoms with E-state index in [2.05, 4.69) is 65.6 Å². The quantitative estimate of drug-likeness (QED) is 0.309. The molecule has 0 radical (unpaired) electrons. The third-order valence-electron chi connectivity index (χ3n) is 5.92. The maximum absolute atomic E-state index is 12.3. The molecule has 0 aromatic heterocycles. The van der Waals surface area contributed by atoms with Gasteiger partial charge in [-0.2, -0.15) is 0 Å². The molecule has 1 amide bonds. The number of para-hydroxylation sites is 2. The van der Waals surface area contributed by atoms with Crippen LogP contribution in [0.1, 0.15) is 33.6 Å². The highest BCUT2D eigenvalue weighted by Crippen LogP contribution is 2.51. The first-order valence-electron chi connectivity index (χ1n) is 11.8. The molecular formula is C28H30N2O3S. The first kappa shape index (κ1) is 22.7. The summed E-state index contributed by atoms with van der Waals surface area (Å²) in [5, 5.41) is 0. The monoisotopic (exact) mass is 474 g/mol. The van der Waals surface area contributed by atoms with Crippen molar-refractivity contribution in [2.75, 3.05) is 18.0 Å². The van der Waals surface area contributed by atoms with E-state index in [0.29, 0.717) is 13.1 Å². The van der Waals surface area contributed by atoms with Crippen LogP contribution >= 0.6 is 11.8 Å². The molecule has 6 heteroatoms. The Labute approximate surface area is 205 Å². The number of amides is 1. The van der Waals surface area contributed by atoms with Crippen molar-refractivity contribution in [3.8, 4) is 5.75 Å². The summed E-state index contributed by atoms with van der Waals surface area (Å²) in [5.41, 5.74) is 3.01. The van der Waals surface area contributed by atoms with Crippen LogP contribution in [0.15, 0.2) is 82.6 Å². The highest BCUT2D eigenvalue weighted by molar-refractivity contribution is 7.99. The van der Waals surface area contributed by atoms with E-state index in [9.17, 15) is 4.79 Å². The molecule has 0 saturated carbocycles. The molecule has 3 aromatic carbocycles. The Hall–Kier alpha value is -3.12. The van der Waals surface area contributed by atoms with Crippen LogP contribution in [0.4, 0.5) is 21.9 Å². The number of carbonyl (C=O) groups excluding carboxylic acids is 1. The Balaban J connectivity index is 1.27. The SMILES string of the molecule is CC(C)(C)OC(=O)N1CCC(Oc2ccc(N3c4ccccc4Sc4ccccc43)cc2)CC1. The highest BCUT2D eigenvalue weighted by atomic mass is 32.2. The summed E-state index contributed by atoms with van der Waals surface area (Å²) in [4.78, 5) is 18.9. The van der Waals surface area contributed by atoms with Crippen molar-refractivity contribution in [1.82, 2.24) is 4.90 Å². The lowest BCUT2D eigenvalue weighted by Crippen LogP contribution is -2.44. The summed E-state index contributed by atoms with van der Waals surface area (Å²) in [6.07, 6.45) is 1.45. The Morgan fingerprint density at radius 2 is 1.41 bits per heavy atom. The molecule has 2 aliphatic rings. The van der Waals surface area contributed by atoms with Gasteiger partial charge in [-0.05, 0) is 69.3 Å². The normalized spacial score (nSPS) is 16.0. The van der Waals surface area contributed by atoms with Crippen LogP contribution in [0.2, 0.25) is 0 Å². The van der Waals surface area contributed by atoms with Gasteiger partial charge in [0.2, 0.25) is 0 Å². The largest absolute Gasteiger partial charge is 0.490 e. The second-order valence-corrected chi connectivity index (χ2v) is 10.7. The summed E-state index contributed by atoms with van der Waals surface area (Å²) in [5.74, 6) is 0.854. The summed E-state index contributed by atoms with van der Waals surface area (Å²) in [6, 6.07) is 25.3. The number of likely N-dealkylation sites (tertiary alicyclic amines) is 1. The van der Waals surface area contributed by atoms with E-state index in [1.54, 1.807) is 4.90 Å². The van der Waals surface area contributed by atoms with Crippen LogP contribution in [0.5, 0.6) is 5.75 Å². The zero-order valence-corrected chi connectivity index (χ0v) is 20.7. The van der Waals surface area contributed by atoms with Gasteiger partial charge in [0, 0.05) is 41.4 Å². The fourth-order valence-electron chi connectivity index (χ4n) is 4.33. The molecule has 5 nitrogen and oxygen atoms in total. The van der Waals surface area contributed by atoms with Crippen molar-refractivity contribution < 1.29 is 14.3 Å². The van der Waals surface area contributed by atoms with Gasteiger partial charge < -0.3 is 19.3 Å². The zero-order chi connectivity index (χ0) is 23.7. The Bertz CT molecular complexity index is 1120. The number of rotatable bonds is 3. The van der Waals surface area contributed by atoms with Gasteiger partial charge in [-0.15, -0.1) is 0 Å². The molecule has 1 saturated heterocycles. The molecule has 0 bridgehead atoms. The summed E-state index contributed by atoms with van der Waals surface area (Å²) < 4.78 is 11.8. The lowest BCUT2D eigenvalue weighted by atomic mass is 10.1. The van der Waals surface area contributed by atoms with Crippen LogP contribution in [-0.2, 0) is 4.74 Å². The minimum absolute atomic E-state index is 0.0948. The summed E-state index contributed by atoms with van der Waals surface area (Å²) in [7, 11) is 0. The Kier molecular flexibility index (Phi) is 6.17. The smallest absolute Gasteiger partial charge is 0.410 e. The van der Waals surface area contributed by atoms with Gasteiger partial charge in [-0.3, -0.25) is 0 Å². The van der Waals surface area contributed by atoms with Crippen LogP contribution in [-0.4, -0.2) is 35.8 Å². The number of nitrogens with zero attached hydrogens (tertiary/aromatic N) is 2. The number of ether oxygens (including phenoxy) is 2. The number of anilines is 3. The Morgan fingerprint density at radius 3 is 1.97 bits per heavy atom. The molecule has 0 atom stereocenters. The molecular weight excluding hydrogens is 444 g/mol. The van der Waals surface area contributed by atoms with Crippen molar-refractivity contribution in [3.05, 3.63) is 72.8 Å². The van der Waals surface area contributed by atoms with Crippen LogP contribution in [0.3, 0.4) is 0 Å². The summed E-state index contributed by atoms with van der Waals surface area (Å²) >= 11 is 1.81. The highest BCUT2D eigenvalue weighted by Gasteiger charge is 2.28. The number of fused-ring (bicyclic) bond motifs is 2. The van der Waals surface area contributed by atoms with Crippen molar-refractivity contribution in [2.24, 2.45) is 0 Å². The molecule has 3 aromatic rings. The number of hydrogen-bond acceptors (Lipinski definition) is 5. The molecule has 0 aliphatic carbocycles. The van der Waals surface area contributed by atoms with Gasteiger partial charge in [0.25, 0.3) is 0 Å². The van der Waals surface area contributed by atoms with Gasteiger partial charge >= 0.3 is 6.09 Å². The first-order chi connectivity index (χ1) is 16.4. The number of carbonyl (C=O) groups is 1. The maximum Gasteiger partial charge on any atom is 0.410 e. The molecule has 5 rings (SSSR count). The standard InChI is InChI=1S/C28H30N2O3S/c1-28(2,3)33-27(31)29-18-16-22(17-19-29)32-21-14-12-20(13-15-21)30-23-8-4-6-10-25(23)34-26-11-7-5-9-24(26)30/h4-15,22H,16-19H2,1-3H3. The van der Waals surface area contributed by atoms with E-state index in [4.69, 9.17) is 9.47 Å². The van der Waals surface area contributed by atoms with E-state index >= 15 is 0 Å². The second kappa shape index (κ2) is 9.26. The van der Waals surface area contributed by atoms with Gasteiger partial charge in [0.1, 0.15) is 17.5 Å². The zero-order valence-electron chi connectivity index (χ0n) is 19.9. The first-order valence-corrected chi connectivity index (χ1v) is 12.6. The van der Waals surface area contributed by atoms with Crippen molar-refractivity contribution in [1.29, 1.82) is 0 Å². The van der Waals surface area contributed by atoms with Gasteiger partial charge in [0.05, 0.1) is 11.4 Å². The molecule has 2 aliphatic heterocycles. The predicted molar refractivity (Wildman–Crippen MR) is 137 cm³/mol. The van der Waals surface area contributed by atoms with E-state index in [1.165, 1.54) is 21.2 Å². The van der Waals surface area contributed by atoms with E-state index in [1.807, 2.05) is 44.7 Å². The molecule has 34 heavy (non-hydrogen) atoms. The summed E-state index contributed by atoms with van der Waals surface area (Å²) in [6.45, 7) is 6.98. The average Bonchev–Trinajstić information content (AvgIpc) is 2.82. The molecule has 2 heterocycles. The van der Waals surface area contributed by atoms with Gasteiger partial charge in [-0.25, -0.2) is 4.79 Å². The van der Waals surface area contributed by atoms with E-state index in [0.717, 1.165) is 24.3 Å². The van der Waals surface area contributed by atoms with Crippen LogP contribution in [0.25, 0.3) is 0 Å². The number of benzene rings is 3. The molecule has 0 spiro atoms. The van der Waals surface area contributed by atoms with E-state index in [-0.39, 0.29) is 12.2 Å². The number of piperidine rings is 1. The molecule has 0 N–H and O–H groups in total. The fraction of sp³-hybridized carbons (Fsp3) is 0.321. The predicted octanol–water partition coefficient (Wildman–Crippen LogP) is 7.40. The minimum atomic E-state index is -0.472. The van der Waals surface area contributed by atoms with Crippen LogP contribution in [0, 0.1) is 0 Å². The maximum atomic E-state index is 12.3. The third-order valence-corrected chi connectivity index (χ3v) is 7.05. The van der Waals surface area contributed by atoms with Crippen molar-refractivity contribution in [3.63, 3.8) is 0 Å². The van der Waals surface area contributed by atoms with Crippen molar-refractivity contribution >= 4 is 34.9 Å². The number of hydrogen-bond donors (Lipinski definition) is 0. The minimum Gasteiger partial charge on any atom is -0.490 e. The topological polar surface area (TPSA) is 42.0 Å². The van der Waals surface area contributed by atoms with Crippen molar-refractivity contribution in [2.45, 2.75) is 55.1 Å². The Morgan fingerprint density at radius 1 is 0.853 bits per heavy atom. The average molecular weight is 475 g/mol. The van der Waals surface area contributed by atoms with Gasteiger partial charge in [-0.1, -0.05) is 36.0 Å². The van der Waals surface area contributed by atoms with Crippen LogP contribution < -0.4 is 9.64 Å². The fourth-order valence-corrected chi connectivity index (χ4v) is 5.39. The third kappa shape index (κ3) is 4.87. The van der Waals surface area contributed by atoms with Gasteiger partial charge in [0.15, 0.2) is 0 Å². The lowest BCUT2D eigenvalue weighted by molar-refractivity contribution is 0.0126.